The van der Waals surface area contributed by atoms with Gasteiger partial charge in [-0.2, -0.15) is 11.8 Å². The first-order chi connectivity index (χ1) is 18.0. The maximum absolute atomic E-state index is 15.6. The number of pyridine rings is 1. The van der Waals surface area contributed by atoms with Crippen molar-refractivity contribution in [2.75, 3.05) is 23.1 Å². The van der Waals surface area contributed by atoms with Crippen LogP contribution in [0, 0.1) is 11.6 Å². The monoisotopic (exact) mass is 536 g/mol. The third-order valence-electron chi connectivity index (χ3n) is 7.17. The molecule has 186 valence electrons. The quantitative estimate of drug-likeness (QED) is 0.393. The Balaban J connectivity index is 1.59. The molecule has 1 fully saturated rings. The van der Waals surface area contributed by atoms with Gasteiger partial charge in [-0.3, -0.25) is 19.3 Å². The van der Waals surface area contributed by atoms with E-state index in [2.05, 4.69) is 4.98 Å². The summed E-state index contributed by atoms with van der Waals surface area (Å²) in [4.78, 5) is 32.7. The number of amides is 1. The van der Waals surface area contributed by atoms with Crippen molar-refractivity contribution in [3.8, 4) is 27.4 Å². The highest BCUT2D eigenvalue weighted by molar-refractivity contribution is 7.99. The van der Waals surface area contributed by atoms with Crippen LogP contribution in [0.2, 0.25) is 0 Å². The van der Waals surface area contributed by atoms with Crippen LogP contribution in [-0.2, 0) is 0 Å². The number of thiazole rings is 1. The van der Waals surface area contributed by atoms with E-state index in [9.17, 15) is 19.1 Å². The minimum Gasteiger partial charge on any atom is -0.502 e. The third-order valence-corrected chi connectivity index (χ3v) is 9.03. The average molecular weight is 537 g/mol. The predicted octanol–water partition coefficient (Wildman–Crippen LogP) is 4.19. The van der Waals surface area contributed by atoms with Crippen LogP contribution in [0.4, 0.5) is 8.78 Å². The highest BCUT2D eigenvalue weighted by Crippen LogP contribution is 2.50. The molecule has 4 aromatic rings. The van der Waals surface area contributed by atoms with E-state index < -0.39 is 40.9 Å². The lowest BCUT2D eigenvalue weighted by Crippen LogP contribution is -2.65. The van der Waals surface area contributed by atoms with Crippen molar-refractivity contribution in [3.05, 3.63) is 92.9 Å². The number of rotatable bonds is 1. The standard InChI is InChI=1S/C26H18F2N4O3S2/c27-16-6-5-15-19(20(16)28)21-25(37-12-29-21)14-4-2-1-3-13(14)22(15)32-18-11-36-10-9-30(18)26(35)23-24(34)17(33)7-8-31(23)32/h1-8,12,18,22,34H,9-11H2/t18-,22-/m1/s1. The number of halogens is 2. The van der Waals surface area contributed by atoms with E-state index in [4.69, 9.17) is 0 Å². The molecule has 0 unspecified atom stereocenters. The summed E-state index contributed by atoms with van der Waals surface area (Å²) in [6, 6.07) is 10.8. The molecular weight excluding hydrogens is 518 g/mol. The van der Waals surface area contributed by atoms with Gasteiger partial charge in [0, 0.05) is 35.9 Å². The molecule has 2 atom stereocenters. The lowest BCUT2D eigenvalue weighted by molar-refractivity contribution is 0.0588. The highest BCUT2D eigenvalue weighted by Gasteiger charge is 2.46. The molecule has 0 radical (unpaired) electrons. The van der Waals surface area contributed by atoms with Crippen LogP contribution < -0.4 is 10.4 Å². The first-order valence-electron chi connectivity index (χ1n) is 11.6. The van der Waals surface area contributed by atoms with Gasteiger partial charge < -0.3 is 10.0 Å². The second-order valence-electron chi connectivity index (χ2n) is 9.00. The first-order valence-corrected chi connectivity index (χ1v) is 13.6. The Morgan fingerprint density at radius 3 is 2.76 bits per heavy atom. The SMILES string of the molecule is O=C1c2c(O)c(=O)ccn2N([C@@H]2c3ccccc3-c3scnc3-c3c2ccc(F)c3F)[C@@H]2CSCCN12. The van der Waals surface area contributed by atoms with E-state index >= 15 is 4.39 Å². The van der Waals surface area contributed by atoms with Gasteiger partial charge in [0.05, 0.1) is 22.1 Å². The summed E-state index contributed by atoms with van der Waals surface area (Å²) in [6.07, 6.45) is 0.997. The summed E-state index contributed by atoms with van der Waals surface area (Å²) in [7, 11) is 0. The van der Waals surface area contributed by atoms with E-state index in [1.165, 1.54) is 28.3 Å². The molecule has 37 heavy (non-hydrogen) atoms. The average Bonchev–Trinajstić information content (AvgIpc) is 3.35. The van der Waals surface area contributed by atoms with E-state index in [-0.39, 0.29) is 11.3 Å². The maximum Gasteiger partial charge on any atom is 0.278 e. The minimum atomic E-state index is -0.992. The molecule has 7 rings (SSSR count). The molecule has 1 N–H and O–H groups in total. The number of aromatic hydroxyl groups is 1. The van der Waals surface area contributed by atoms with Crippen LogP contribution in [0.25, 0.3) is 21.7 Å². The van der Waals surface area contributed by atoms with E-state index in [1.807, 2.05) is 29.3 Å². The molecule has 7 nitrogen and oxygen atoms in total. The number of carbonyl (C=O) groups is 1. The summed E-state index contributed by atoms with van der Waals surface area (Å²) in [6.45, 7) is 0.418. The maximum atomic E-state index is 15.6. The molecule has 0 spiro atoms. The lowest BCUT2D eigenvalue weighted by atomic mass is 9.92. The Kier molecular flexibility index (Phi) is 4.96. The van der Waals surface area contributed by atoms with Crippen molar-refractivity contribution >= 4 is 29.0 Å². The summed E-state index contributed by atoms with van der Waals surface area (Å²) in [5.41, 5.74) is 3.35. The van der Waals surface area contributed by atoms with Gasteiger partial charge in [-0.1, -0.05) is 30.3 Å². The first kappa shape index (κ1) is 22.5. The fourth-order valence-corrected chi connectivity index (χ4v) is 7.45. The lowest BCUT2D eigenvalue weighted by Gasteiger charge is -2.51. The molecule has 2 aromatic heterocycles. The minimum absolute atomic E-state index is 0.0659. The van der Waals surface area contributed by atoms with Crippen molar-refractivity contribution in [2.45, 2.75) is 12.2 Å². The van der Waals surface area contributed by atoms with Gasteiger partial charge in [0.1, 0.15) is 6.17 Å². The largest absolute Gasteiger partial charge is 0.502 e. The van der Waals surface area contributed by atoms with Crippen LogP contribution in [0.1, 0.15) is 27.7 Å². The molecule has 2 aromatic carbocycles. The van der Waals surface area contributed by atoms with Crippen LogP contribution in [-0.4, -0.2) is 49.8 Å². The molecule has 11 heteroatoms. The second-order valence-corrected chi connectivity index (χ2v) is 11.0. The van der Waals surface area contributed by atoms with E-state index in [1.54, 1.807) is 28.2 Å². The van der Waals surface area contributed by atoms with Crippen molar-refractivity contribution < 1.29 is 18.7 Å². The Morgan fingerprint density at radius 2 is 1.89 bits per heavy atom. The normalized spacial score (nSPS) is 19.9. The van der Waals surface area contributed by atoms with Gasteiger partial charge in [0.2, 0.25) is 5.43 Å². The summed E-state index contributed by atoms with van der Waals surface area (Å²) in [5, 5.41) is 12.6. The number of aromatic nitrogens is 2. The summed E-state index contributed by atoms with van der Waals surface area (Å²) in [5.74, 6) is -1.80. The third kappa shape index (κ3) is 3.07. The zero-order valence-corrected chi connectivity index (χ0v) is 20.7. The van der Waals surface area contributed by atoms with Crippen LogP contribution in [0.15, 0.2) is 59.0 Å². The zero-order chi connectivity index (χ0) is 25.4. The molecular formula is C26H18F2N4O3S2. The Morgan fingerprint density at radius 1 is 1.05 bits per heavy atom. The number of hydrogen-bond donors (Lipinski definition) is 1. The number of fused-ring (bicyclic) bond motifs is 7. The number of hydrogen-bond acceptors (Lipinski definition) is 7. The second kappa shape index (κ2) is 8.15. The van der Waals surface area contributed by atoms with Crippen molar-refractivity contribution in [2.24, 2.45) is 0 Å². The number of benzene rings is 2. The van der Waals surface area contributed by atoms with Gasteiger partial charge in [-0.05, 0) is 22.8 Å². The molecule has 1 saturated heterocycles. The number of carbonyl (C=O) groups excluding carboxylic acids is 1. The van der Waals surface area contributed by atoms with Crippen molar-refractivity contribution in [3.63, 3.8) is 0 Å². The molecule has 0 bridgehead atoms. The molecule has 3 aliphatic rings. The smallest absolute Gasteiger partial charge is 0.278 e. The van der Waals surface area contributed by atoms with Gasteiger partial charge in [0.15, 0.2) is 23.1 Å². The summed E-state index contributed by atoms with van der Waals surface area (Å²) >= 11 is 3.02. The molecule has 4 heterocycles. The zero-order valence-electron chi connectivity index (χ0n) is 19.1. The van der Waals surface area contributed by atoms with Gasteiger partial charge in [-0.15, -0.1) is 11.3 Å². The van der Waals surface area contributed by atoms with Gasteiger partial charge in [0.25, 0.3) is 5.91 Å². The molecule has 1 aliphatic carbocycles. The highest BCUT2D eigenvalue weighted by atomic mass is 32.2. The van der Waals surface area contributed by atoms with E-state index in [0.717, 1.165) is 22.1 Å². The van der Waals surface area contributed by atoms with Crippen LogP contribution >= 0.6 is 23.1 Å². The summed E-state index contributed by atoms with van der Waals surface area (Å²) < 4.78 is 31.8. The molecule has 2 aliphatic heterocycles. The molecule has 0 saturated carbocycles. The fraction of sp³-hybridized carbons (Fsp3) is 0.192. The van der Waals surface area contributed by atoms with Crippen molar-refractivity contribution in [1.29, 1.82) is 0 Å². The Labute approximate surface area is 217 Å². The van der Waals surface area contributed by atoms with Gasteiger partial charge >= 0.3 is 0 Å². The van der Waals surface area contributed by atoms with Crippen LogP contribution in [0.5, 0.6) is 5.75 Å². The van der Waals surface area contributed by atoms with E-state index in [0.29, 0.717) is 29.3 Å². The Hall–Kier alpha value is -3.70. The predicted molar refractivity (Wildman–Crippen MR) is 137 cm³/mol. The number of thioether (sulfide) groups is 1. The fourth-order valence-electron chi connectivity index (χ4n) is 5.58. The topological polar surface area (TPSA) is 78.7 Å². The Bertz CT molecular complexity index is 1670. The van der Waals surface area contributed by atoms with Gasteiger partial charge in [-0.25, -0.2) is 13.8 Å². The van der Waals surface area contributed by atoms with Crippen molar-refractivity contribution in [1.82, 2.24) is 14.6 Å². The number of nitrogens with zero attached hydrogens (tertiary/aromatic N) is 4. The van der Waals surface area contributed by atoms with Crippen LogP contribution in [0.3, 0.4) is 0 Å². The molecule has 1 amide bonds.